The Labute approximate surface area is 182 Å². The average molecular weight is 424 g/mol. The Morgan fingerprint density at radius 2 is 1.94 bits per heavy atom. The van der Waals surface area contributed by atoms with Gasteiger partial charge in [-0.25, -0.2) is 5.43 Å². The maximum atomic E-state index is 12.3. The second kappa shape index (κ2) is 9.51. The van der Waals surface area contributed by atoms with Crippen molar-refractivity contribution in [2.24, 2.45) is 11.8 Å². The molecule has 0 aliphatic carbocycles. The standard InChI is InChI=1S/C24H28N2O5/c1-29-18-9-7-15(8-10-18)11-20-23(24(28)26-25-20)19(13-22(27)30-2)17-12-16-5-3-4-6-21(16)31-14-17/h3-10,12,19-20,23-26,28H,11,13-14H2,1-2H3. The molecule has 0 saturated carbocycles. The van der Waals surface area contributed by atoms with Crippen molar-refractivity contribution in [1.29, 1.82) is 0 Å². The third-order valence-electron chi connectivity index (χ3n) is 6.07. The van der Waals surface area contributed by atoms with E-state index in [1.807, 2.05) is 48.5 Å². The van der Waals surface area contributed by atoms with E-state index < -0.39 is 6.23 Å². The molecule has 1 saturated heterocycles. The summed E-state index contributed by atoms with van der Waals surface area (Å²) in [5.41, 5.74) is 9.21. The number of hydrogen-bond donors (Lipinski definition) is 3. The van der Waals surface area contributed by atoms with Crippen LogP contribution in [-0.4, -0.2) is 44.2 Å². The highest BCUT2D eigenvalue weighted by Gasteiger charge is 2.43. The van der Waals surface area contributed by atoms with E-state index in [2.05, 4.69) is 16.9 Å². The third-order valence-corrected chi connectivity index (χ3v) is 6.07. The first-order valence-corrected chi connectivity index (χ1v) is 10.4. The summed E-state index contributed by atoms with van der Waals surface area (Å²) in [6.07, 6.45) is 2.11. The number of fused-ring (bicyclic) bond motifs is 1. The fraction of sp³-hybridized carbons (Fsp3) is 0.375. The van der Waals surface area contributed by atoms with Crippen molar-refractivity contribution in [2.45, 2.75) is 25.1 Å². The minimum atomic E-state index is -0.809. The SMILES string of the molecule is COC(=O)CC(C1=Cc2ccccc2OC1)C1C(O)NNC1Cc1ccc(OC)cc1. The highest BCUT2D eigenvalue weighted by atomic mass is 16.5. The Morgan fingerprint density at radius 1 is 1.16 bits per heavy atom. The smallest absolute Gasteiger partial charge is 0.306 e. The summed E-state index contributed by atoms with van der Waals surface area (Å²) >= 11 is 0. The third kappa shape index (κ3) is 4.74. The topological polar surface area (TPSA) is 89.1 Å². The monoisotopic (exact) mass is 424 g/mol. The van der Waals surface area contributed by atoms with Gasteiger partial charge in [0.05, 0.1) is 20.6 Å². The van der Waals surface area contributed by atoms with Crippen LogP contribution in [0.15, 0.2) is 54.1 Å². The summed E-state index contributed by atoms with van der Waals surface area (Å²) in [6, 6.07) is 15.6. The van der Waals surface area contributed by atoms with Gasteiger partial charge in [0.1, 0.15) is 24.3 Å². The van der Waals surface area contributed by atoms with E-state index >= 15 is 0 Å². The zero-order chi connectivity index (χ0) is 21.8. The van der Waals surface area contributed by atoms with Crippen LogP contribution in [0.3, 0.4) is 0 Å². The van der Waals surface area contributed by atoms with Gasteiger partial charge in [-0.3, -0.25) is 10.2 Å². The van der Waals surface area contributed by atoms with Crippen molar-refractivity contribution in [2.75, 3.05) is 20.8 Å². The van der Waals surface area contributed by atoms with Crippen LogP contribution < -0.4 is 20.3 Å². The second-order valence-electron chi connectivity index (χ2n) is 7.90. The highest BCUT2D eigenvalue weighted by Crippen LogP contribution is 2.37. The quantitative estimate of drug-likeness (QED) is 0.588. The number of aliphatic hydroxyl groups is 1. The predicted octanol–water partition coefficient (Wildman–Crippen LogP) is 2.30. The molecule has 2 aliphatic rings. The maximum absolute atomic E-state index is 12.3. The van der Waals surface area contributed by atoms with Gasteiger partial charge in [0, 0.05) is 23.4 Å². The van der Waals surface area contributed by atoms with Crippen LogP contribution in [0.2, 0.25) is 0 Å². The van der Waals surface area contributed by atoms with Crippen molar-refractivity contribution in [3.05, 3.63) is 65.2 Å². The summed E-state index contributed by atoms with van der Waals surface area (Å²) < 4.78 is 16.2. The second-order valence-corrected chi connectivity index (χ2v) is 7.90. The fourth-order valence-corrected chi connectivity index (χ4v) is 4.43. The van der Waals surface area contributed by atoms with Crippen LogP contribution >= 0.6 is 0 Å². The lowest BCUT2D eigenvalue weighted by Gasteiger charge is -2.32. The van der Waals surface area contributed by atoms with Crippen molar-refractivity contribution in [3.63, 3.8) is 0 Å². The van der Waals surface area contributed by atoms with Gasteiger partial charge in [0.2, 0.25) is 0 Å². The number of hydrazine groups is 1. The maximum Gasteiger partial charge on any atom is 0.306 e. The molecule has 164 valence electrons. The van der Waals surface area contributed by atoms with E-state index in [1.165, 1.54) is 7.11 Å². The first kappa shape index (κ1) is 21.4. The summed E-state index contributed by atoms with van der Waals surface area (Å²) in [6.45, 7) is 0.372. The van der Waals surface area contributed by atoms with E-state index in [9.17, 15) is 9.90 Å². The van der Waals surface area contributed by atoms with Gasteiger partial charge in [-0.15, -0.1) is 0 Å². The minimum absolute atomic E-state index is 0.0869. The van der Waals surface area contributed by atoms with Crippen LogP contribution in [0.4, 0.5) is 0 Å². The van der Waals surface area contributed by atoms with Crippen molar-refractivity contribution >= 4 is 12.0 Å². The number of esters is 1. The molecule has 2 aromatic carbocycles. The van der Waals surface area contributed by atoms with Crippen LogP contribution in [-0.2, 0) is 16.0 Å². The van der Waals surface area contributed by atoms with Gasteiger partial charge < -0.3 is 19.3 Å². The van der Waals surface area contributed by atoms with E-state index in [-0.39, 0.29) is 30.3 Å². The lowest BCUT2D eigenvalue weighted by atomic mass is 9.76. The van der Waals surface area contributed by atoms with Gasteiger partial charge in [0.15, 0.2) is 0 Å². The van der Waals surface area contributed by atoms with Gasteiger partial charge in [-0.2, -0.15) is 0 Å². The molecule has 31 heavy (non-hydrogen) atoms. The first-order valence-electron chi connectivity index (χ1n) is 10.4. The number of carbonyl (C=O) groups excluding carboxylic acids is 1. The summed E-state index contributed by atoms with van der Waals surface area (Å²) in [5, 5.41) is 10.8. The Morgan fingerprint density at radius 3 is 2.68 bits per heavy atom. The zero-order valence-electron chi connectivity index (χ0n) is 17.7. The van der Waals surface area contributed by atoms with Gasteiger partial charge >= 0.3 is 5.97 Å². The van der Waals surface area contributed by atoms with Crippen LogP contribution in [0.1, 0.15) is 17.5 Å². The molecule has 0 amide bonds. The molecule has 2 heterocycles. The van der Waals surface area contributed by atoms with Crippen LogP contribution in [0, 0.1) is 11.8 Å². The number of carbonyl (C=O) groups is 1. The fourth-order valence-electron chi connectivity index (χ4n) is 4.43. The number of benzene rings is 2. The molecule has 0 radical (unpaired) electrons. The lowest BCUT2D eigenvalue weighted by molar-refractivity contribution is -0.142. The molecular formula is C24H28N2O5. The molecule has 0 aromatic heterocycles. The average Bonchev–Trinajstić information content (AvgIpc) is 3.17. The number of ether oxygens (including phenoxy) is 3. The molecular weight excluding hydrogens is 396 g/mol. The summed E-state index contributed by atoms with van der Waals surface area (Å²) in [7, 11) is 3.02. The Hall–Kier alpha value is -2.87. The Kier molecular flexibility index (Phi) is 6.56. The normalized spacial score (nSPS) is 23.3. The van der Waals surface area contributed by atoms with Crippen LogP contribution in [0.5, 0.6) is 11.5 Å². The zero-order valence-corrected chi connectivity index (χ0v) is 17.7. The Bertz CT molecular complexity index is 943. The molecule has 7 nitrogen and oxygen atoms in total. The number of rotatable bonds is 7. The predicted molar refractivity (Wildman–Crippen MR) is 116 cm³/mol. The van der Waals surface area contributed by atoms with Gasteiger partial charge in [-0.1, -0.05) is 30.3 Å². The minimum Gasteiger partial charge on any atom is -0.497 e. The molecule has 3 N–H and O–H groups in total. The lowest BCUT2D eigenvalue weighted by Crippen LogP contribution is -2.38. The van der Waals surface area contributed by atoms with E-state index in [0.717, 1.165) is 28.2 Å². The number of nitrogens with one attached hydrogen (secondary N) is 2. The van der Waals surface area contributed by atoms with Gasteiger partial charge in [-0.05, 0) is 41.8 Å². The molecule has 0 bridgehead atoms. The molecule has 4 rings (SSSR count). The van der Waals surface area contributed by atoms with E-state index in [4.69, 9.17) is 14.2 Å². The van der Waals surface area contributed by atoms with Crippen molar-refractivity contribution in [3.8, 4) is 11.5 Å². The Balaban J connectivity index is 1.62. The highest BCUT2D eigenvalue weighted by molar-refractivity contribution is 5.71. The molecule has 1 fully saturated rings. The van der Waals surface area contributed by atoms with Crippen molar-refractivity contribution < 1.29 is 24.1 Å². The molecule has 2 aromatic rings. The van der Waals surface area contributed by atoms with E-state index in [1.54, 1.807) is 7.11 Å². The van der Waals surface area contributed by atoms with Crippen LogP contribution in [0.25, 0.3) is 6.08 Å². The molecule has 2 aliphatic heterocycles. The van der Waals surface area contributed by atoms with Crippen molar-refractivity contribution in [1.82, 2.24) is 10.9 Å². The largest absolute Gasteiger partial charge is 0.497 e. The molecule has 7 heteroatoms. The number of methoxy groups -OCH3 is 2. The van der Waals surface area contributed by atoms with Gasteiger partial charge in [0.25, 0.3) is 0 Å². The molecule has 4 atom stereocenters. The number of para-hydroxylation sites is 1. The first-order chi connectivity index (χ1) is 15.1. The molecule has 0 spiro atoms. The summed E-state index contributed by atoms with van der Waals surface area (Å²) in [4.78, 5) is 12.3. The van der Waals surface area contributed by atoms with E-state index in [0.29, 0.717) is 13.0 Å². The summed E-state index contributed by atoms with van der Waals surface area (Å²) in [5.74, 6) is 0.806. The molecule has 4 unspecified atom stereocenters. The number of aliphatic hydroxyl groups excluding tert-OH is 1. The number of hydrogen-bond acceptors (Lipinski definition) is 7.